The molecule has 0 radical (unpaired) electrons. The SMILES string of the molecule is CCCC(CCN)CCc1nnc2c3[nH]cnc3ncn12. The molecule has 0 aliphatic heterocycles. The highest BCUT2D eigenvalue weighted by molar-refractivity contribution is 5.84. The van der Waals surface area contributed by atoms with E-state index in [9.17, 15) is 0 Å². The molecule has 0 aliphatic carbocycles. The van der Waals surface area contributed by atoms with Crippen LogP contribution in [0.2, 0.25) is 0 Å². The minimum atomic E-state index is 0.663. The van der Waals surface area contributed by atoms with E-state index in [-0.39, 0.29) is 0 Å². The first kappa shape index (κ1) is 13.9. The predicted octanol–water partition coefficient (Wildman–Crippen LogP) is 1.70. The van der Waals surface area contributed by atoms with Gasteiger partial charge in [-0.15, -0.1) is 10.2 Å². The molecule has 3 heterocycles. The van der Waals surface area contributed by atoms with E-state index in [0.29, 0.717) is 11.6 Å². The number of aromatic amines is 1. The van der Waals surface area contributed by atoms with Gasteiger partial charge in [0.2, 0.25) is 0 Å². The summed E-state index contributed by atoms with van der Waals surface area (Å²) < 4.78 is 1.95. The highest BCUT2D eigenvalue weighted by Crippen LogP contribution is 2.19. The van der Waals surface area contributed by atoms with Gasteiger partial charge in [-0.05, 0) is 25.3 Å². The molecule has 0 saturated heterocycles. The van der Waals surface area contributed by atoms with Crippen LogP contribution in [-0.2, 0) is 6.42 Å². The summed E-state index contributed by atoms with van der Waals surface area (Å²) in [4.78, 5) is 11.5. The summed E-state index contributed by atoms with van der Waals surface area (Å²) in [6.45, 7) is 2.97. The first-order valence-electron chi connectivity index (χ1n) is 7.55. The number of hydrogen-bond acceptors (Lipinski definition) is 5. The molecule has 0 bridgehead atoms. The second-order valence-corrected chi connectivity index (χ2v) is 5.43. The molecule has 21 heavy (non-hydrogen) atoms. The summed E-state index contributed by atoms with van der Waals surface area (Å²) in [7, 11) is 0. The quantitative estimate of drug-likeness (QED) is 0.689. The fourth-order valence-corrected chi connectivity index (χ4v) is 2.86. The Morgan fingerprint density at radius 1 is 1.24 bits per heavy atom. The van der Waals surface area contributed by atoms with Crippen LogP contribution in [0, 0.1) is 5.92 Å². The third-order valence-corrected chi connectivity index (χ3v) is 3.95. The second kappa shape index (κ2) is 6.17. The molecule has 3 rings (SSSR count). The Kier molecular flexibility index (Phi) is 4.10. The number of nitrogens with zero attached hydrogens (tertiary/aromatic N) is 5. The zero-order valence-electron chi connectivity index (χ0n) is 12.3. The molecule has 0 spiro atoms. The molecule has 7 nitrogen and oxygen atoms in total. The fraction of sp³-hybridized carbons (Fsp3) is 0.571. The fourth-order valence-electron chi connectivity index (χ4n) is 2.86. The van der Waals surface area contributed by atoms with Gasteiger partial charge in [-0.25, -0.2) is 9.97 Å². The largest absolute Gasteiger partial charge is 0.340 e. The summed E-state index contributed by atoms with van der Waals surface area (Å²) in [5, 5.41) is 8.58. The van der Waals surface area contributed by atoms with E-state index in [2.05, 4.69) is 32.1 Å². The number of aromatic nitrogens is 6. The van der Waals surface area contributed by atoms with Gasteiger partial charge in [0.15, 0.2) is 11.3 Å². The molecule has 3 N–H and O–H groups in total. The summed E-state index contributed by atoms with van der Waals surface area (Å²) in [6, 6.07) is 0. The number of imidazole rings is 1. The standard InChI is InChI=1S/C14H21N7/c1-2-3-10(6-7-15)4-5-11-19-20-14-12-13(17-8-16-12)18-9-21(11)14/h8-10H,2-7,15H2,1H3,(H,16,17). The first-order valence-corrected chi connectivity index (χ1v) is 7.55. The Labute approximate surface area is 123 Å². The van der Waals surface area contributed by atoms with Crippen LogP contribution in [-0.4, -0.2) is 36.1 Å². The minimum Gasteiger partial charge on any atom is -0.340 e. The maximum Gasteiger partial charge on any atom is 0.189 e. The predicted molar refractivity (Wildman–Crippen MR) is 80.8 cm³/mol. The summed E-state index contributed by atoms with van der Waals surface area (Å²) >= 11 is 0. The van der Waals surface area contributed by atoms with Crippen LogP contribution in [0.5, 0.6) is 0 Å². The number of rotatable bonds is 7. The average molecular weight is 287 g/mol. The molecule has 7 heteroatoms. The van der Waals surface area contributed by atoms with Crippen LogP contribution in [0.4, 0.5) is 0 Å². The van der Waals surface area contributed by atoms with E-state index in [0.717, 1.165) is 42.8 Å². The topological polar surface area (TPSA) is 97.8 Å². The van der Waals surface area contributed by atoms with Crippen molar-refractivity contribution in [1.82, 2.24) is 29.5 Å². The lowest BCUT2D eigenvalue weighted by atomic mass is 9.94. The van der Waals surface area contributed by atoms with Gasteiger partial charge in [-0.2, -0.15) is 0 Å². The lowest BCUT2D eigenvalue weighted by Gasteiger charge is -2.13. The Morgan fingerprint density at radius 2 is 2.14 bits per heavy atom. The summed E-state index contributed by atoms with van der Waals surface area (Å²) in [5.74, 6) is 1.61. The molecule has 112 valence electrons. The average Bonchev–Trinajstić information content (AvgIpc) is 3.11. The van der Waals surface area contributed by atoms with E-state index in [4.69, 9.17) is 5.73 Å². The van der Waals surface area contributed by atoms with E-state index < -0.39 is 0 Å². The third-order valence-electron chi connectivity index (χ3n) is 3.95. The first-order chi connectivity index (χ1) is 10.3. The molecular formula is C14H21N7. The lowest BCUT2D eigenvalue weighted by Crippen LogP contribution is -2.10. The van der Waals surface area contributed by atoms with Gasteiger partial charge in [-0.3, -0.25) is 4.40 Å². The van der Waals surface area contributed by atoms with Crippen molar-refractivity contribution in [1.29, 1.82) is 0 Å². The van der Waals surface area contributed by atoms with Crippen molar-refractivity contribution < 1.29 is 0 Å². The molecule has 3 aromatic rings. The van der Waals surface area contributed by atoms with Crippen LogP contribution < -0.4 is 5.73 Å². The minimum absolute atomic E-state index is 0.663. The van der Waals surface area contributed by atoms with Gasteiger partial charge in [0, 0.05) is 6.42 Å². The van der Waals surface area contributed by atoms with E-state index >= 15 is 0 Å². The van der Waals surface area contributed by atoms with Crippen molar-refractivity contribution in [3.63, 3.8) is 0 Å². The summed E-state index contributed by atoms with van der Waals surface area (Å²) in [6.07, 6.45) is 8.86. The van der Waals surface area contributed by atoms with E-state index in [1.807, 2.05) is 4.40 Å². The Hall–Kier alpha value is -2.02. The number of aryl methyl sites for hydroxylation is 1. The van der Waals surface area contributed by atoms with Gasteiger partial charge >= 0.3 is 0 Å². The van der Waals surface area contributed by atoms with Crippen LogP contribution >= 0.6 is 0 Å². The van der Waals surface area contributed by atoms with Crippen molar-refractivity contribution in [2.45, 2.75) is 39.0 Å². The van der Waals surface area contributed by atoms with Crippen LogP contribution in [0.25, 0.3) is 16.8 Å². The highest BCUT2D eigenvalue weighted by atomic mass is 15.3. The van der Waals surface area contributed by atoms with Crippen molar-refractivity contribution in [3.05, 3.63) is 18.5 Å². The molecule has 0 amide bonds. The third kappa shape index (κ3) is 2.73. The molecular weight excluding hydrogens is 266 g/mol. The molecule has 1 atom stereocenters. The molecule has 0 aliphatic rings. The molecule has 1 unspecified atom stereocenters. The van der Waals surface area contributed by atoms with Gasteiger partial charge in [0.1, 0.15) is 17.7 Å². The van der Waals surface area contributed by atoms with E-state index in [1.54, 1.807) is 12.7 Å². The Morgan fingerprint density at radius 3 is 2.95 bits per heavy atom. The lowest BCUT2D eigenvalue weighted by molar-refractivity contribution is 0.417. The smallest absolute Gasteiger partial charge is 0.189 e. The molecule has 0 aromatic carbocycles. The van der Waals surface area contributed by atoms with Gasteiger partial charge in [0.25, 0.3) is 0 Å². The zero-order valence-corrected chi connectivity index (χ0v) is 12.3. The second-order valence-electron chi connectivity index (χ2n) is 5.43. The molecule has 0 fully saturated rings. The van der Waals surface area contributed by atoms with Crippen LogP contribution in [0.1, 0.15) is 38.4 Å². The Bertz CT molecular complexity index is 708. The zero-order chi connectivity index (χ0) is 14.7. The molecule has 0 saturated carbocycles. The number of fused-ring (bicyclic) bond motifs is 3. The van der Waals surface area contributed by atoms with E-state index in [1.165, 1.54) is 12.8 Å². The maximum absolute atomic E-state index is 5.70. The van der Waals surface area contributed by atoms with Crippen molar-refractivity contribution >= 4 is 16.8 Å². The van der Waals surface area contributed by atoms with Crippen LogP contribution in [0.3, 0.4) is 0 Å². The normalized spacial score (nSPS) is 13.2. The highest BCUT2D eigenvalue weighted by Gasteiger charge is 2.13. The number of nitrogens with two attached hydrogens (primary N) is 1. The summed E-state index contributed by atoms with van der Waals surface area (Å²) in [5.41, 5.74) is 8.00. The van der Waals surface area contributed by atoms with Gasteiger partial charge in [-0.1, -0.05) is 19.8 Å². The van der Waals surface area contributed by atoms with Crippen LogP contribution in [0.15, 0.2) is 12.7 Å². The maximum atomic E-state index is 5.70. The van der Waals surface area contributed by atoms with Crippen molar-refractivity contribution in [2.24, 2.45) is 11.7 Å². The molecule has 3 aromatic heterocycles. The number of H-pyrrole nitrogens is 1. The Balaban J connectivity index is 1.80. The van der Waals surface area contributed by atoms with Crippen molar-refractivity contribution in [2.75, 3.05) is 6.54 Å². The van der Waals surface area contributed by atoms with Crippen molar-refractivity contribution in [3.8, 4) is 0 Å². The van der Waals surface area contributed by atoms with Gasteiger partial charge < -0.3 is 10.7 Å². The number of nitrogens with one attached hydrogen (secondary N) is 1. The number of hydrogen-bond donors (Lipinski definition) is 2. The monoisotopic (exact) mass is 287 g/mol. The van der Waals surface area contributed by atoms with Gasteiger partial charge in [0.05, 0.1) is 6.33 Å².